The van der Waals surface area contributed by atoms with Crippen LogP contribution in [0.5, 0.6) is 0 Å². The molecule has 2 aromatic carbocycles. The number of hydrogen-bond acceptors (Lipinski definition) is 5. The van der Waals surface area contributed by atoms with Crippen molar-refractivity contribution in [3.63, 3.8) is 0 Å². The van der Waals surface area contributed by atoms with Gasteiger partial charge in [-0.25, -0.2) is 8.78 Å². The van der Waals surface area contributed by atoms with Gasteiger partial charge in [0.1, 0.15) is 11.6 Å². The second kappa shape index (κ2) is 17.1. The van der Waals surface area contributed by atoms with Crippen LogP contribution in [0.4, 0.5) is 14.5 Å². The van der Waals surface area contributed by atoms with E-state index in [1.54, 1.807) is 12.1 Å². The predicted octanol–water partition coefficient (Wildman–Crippen LogP) is 6.01. The number of nitrogens with one attached hydrogen (secondary N) is 3. The molecule has 11 heteroatoms. The Morgan fingerprint density at radius 1 is 0.952 bits per heavy atom. The lowest BCUT2D eigenvalue weighted by molar-refractivity contribution is -0.109. The normalized spacial score (nSPS) is 23.2. The van der Waals surface area contributed by atoms with Crippen molar-refractivity contribution < 1.29 is 28.6 Å². The molecule has 1 unspecified atom stereocenters. The Morgan fingerprint density at radius 3 is 2.12 bits per heavy atom. The summed E-state index contributed by atoms with van der Waals surface area (Å²) in [5.41, 5.74) is 1.95. The van der Waals surface area contributed by atoms with Crippen molar-refractivity contribution in [3.8, 4) is 0 Å². The van der Waals surface area contributed by atoms with Gasteiger partial charge in [0.2, 0.25) is 12.8 Å². The molecular formula is C31H43Cl2F2N3O4. The van der Waals surface area contributed by atoms with Crippen LogP contribution in [0.3, 0.4) is 0 Å². The van der Waals surface area contributed by atoms with Crippen LogP contribution in [-0.4, -0.2) is 54.9 Å². The van der Waals surface area contributed by atoms with Crippen LogP contribution in [0.2, 0.25) is 10.0 Å². The third kappa shape index (κ3) is 11.4. The second-order valence-corrected chi connectivity index (χ2v) is 13.1. The molecule has 2 aromatic rings. The minimum Gasteiger partial charge on any atom is -0.390 e. The molecule has 5 N–H and O–H groups in total. The second-order valence-electron chi connectivity index (χ2n) is 12.3. The number of aliphatic hydroxyl groups is 2. The average Bonchev–Trinajstić information content (AvgIpc) is 3.51. The molecule has 0 radical (unpaired) electrons. The van der Waals surface area contributed by atoms with Gasteiger partial charge in [-0.3, -0.25) is 9.59 Å². The van der Waals surface area contributed by atoms with Gasteiger partial charge >= 0.3 is 0 Å². The van der Waals surface area contributed by atoms with E-state index in [2.05, 4.69) is 43.6 Å². The lowest BCUT2D eigenvalue weighted by Crippen LogP contribution is -2.17. The van der Waals surface area contributed by atoms with Crippen molar-refractivity contribution in [1.29, 1.82) is 0 Å². The molecule has 7 nitrogen and oxygen atoms in total. The molecule has 1 saturated heterocycles. The van der Waals surface area contributed by atoms with E-state index in [4.69, 9.17) is 23.2 Å². The van der Waals surface area contributed by atoms with E-state index in [0.29, 0.717) is 73.4 Å². The molecule has 0 spiro atoms. The molecule has 0 aromatic heterocycles. The molecule has 1 saturated carbocycles. The van der Waals surface area contributed by atoms with Crippen LogP contribution >= 0.6 is 23.2 Å². The van der Waals surface area contributed by atoms with E-state index >= 15 is 0 Å². The standard InChI is InChI=1S/C17H14Cl2F2N2O.C9H17NO3.C5H12/c18-13-3-1-2-9(17(13)21)11-6-22-7-12(11)10-4-15(20)14(19)5-16(10)23-8-24;11-6-10-3-1-2-7-4-8(12)9(13)5-7;1-5(2,3)4/h1-5,8,11-12,22H,6-7H2,(H,23,24);6-9,12-13H,1-5H2,(H,10,11);1-4H3/t11-,12+;7?,8-,9+;/m1../s1. The topological polar surface area (TPSA) is 111 Å². The number of anilines is 1. The van der Waals surface area contributed by atoms with Crippen molar-refractivity contribution in [1.82, 2.24) is 10.6 Å². The predicted molar refractivity (Wildman–Crippen MR) is 164 cm³/mol. The molecule has 42 heavy (non-hydrogen) atoms. The number of carbonyl (C=O) groups excluding carboxylic acids is 2. The highest BCUT2D eigenvalue weighted by molar-refractivity contribution is 6.31. The minimum absolute atomic E-state index is 0.0478. The molecule has 1 aliphatic heterocycles. The quantitative estimate of drug-likeness (QED) is 0.172. The zero-order valence-corrected chi connectivity index (χ0v) is 26.1. The molecular weight excluding hydrogens is 587 g/mol. The Labute approximate surface area is 257 Å². The molecule has 0 bridgehead atoms. The van der Waals surface area contributed by atoms with Gasteiger partial charge < -0.3 is 26.2 Å². The Bertz CT molecular complexity index is 1150. The van der Waals surface area contributed by atoms with Crippen molar-refractivity contribution >= 4 is 41.7 Å². The molecule has 1 aliphatic carbocycles. The van der Waals surface area contributed by atoms with E-state index in [9.17, 15) is 28.6 Å². The van der Waals surface area contributed by atoms with Gasteiger partial charge in [-0.05, 0) is 66.3 Å². The molecule has 234 valence electrons. The van der Waals surface area contributed by atoms with Crippen molar-refractivity contribution in [3.05, 3.63) is 63.1 Å². The highest BCUT2D eigenvalue weighted by atomic mass is 35.5. The van der Waals surface area contributed by atoms with Gasteiger partial charge in [0.15, 0.2) is 0 Å². The minimum atomic E-state index is -0.583. The first-order chi connectivity index (χ1) is 19.8. The van der Waals surface area contributed by atoms with E-state index in [1.165, 1.54) is 18.2 Å². The lowest BCUT2D eigenvalue weighted by Gasteiger charge is -2.23. The zero-order valence-electron chi connectivity index (χ0n) is 24.6. The van der Waals surface area contributed by atoms with E-state index < -0.39 is 23.8 Å². The van der Waals surface area contributed by atoms with Gasteiger partial charge in [-0.1, -0.05) is 63.0 Å². The van der Waals surface area contributed by atoms with E-state index in [-0.39, 0.29) is 21.9 Å². The molecule has 2 amide bonds. The van der Waals surface area contributed by atoms with Crippen LogP contribution in [-0.2, 0) is 9.59 Å². The number of halogens is 4. The summed E-state index contributed by atoms with van der Waals surface area (Å²) in [5, 5.41) is 26.8. The summed E-state index contributed by atoms with van der Waals surface area (Å²) >= 11 is 11.7. The molecule has 2 fully saturated rings. The Balaban J connectivity index is 0.000000287. The number of benzene rings is 2. The Morgan fingerprint density at radius 2 is 1.55 bits per heavy atom. The van der Waals surface area contributed by atoms with Crippen LogP contribution in [0.25, 0.3) is 0 Å². The number of hydrogen-bond donors (Lipinski definition) is 5. The number of rotatable bonds is 9. The van der Waals surface area contributed by atoms with Gasteiger partial charge in [-0.2, -0.15) is 0 Å². The number of amides is 2. The summed E-state index contributed by atoms with van der Waals surface area (Å²) in [6, 6.07) is 7.50. The van der Waals surface area contributed by atoms with E-state index in [0.717, 1.165) is 12.8 Å². The van der Waals surface area contributed by atoms with Crippen molar-refractivity contribution in [2.75, 3.05) is 25.0 Å². The smallest absolute Gasteiger partial charge is 0.211 e. The first-order valence-corrected chi connectivity index (χ1v) is 14.9. The molecule has 2 aliphatic rings. The first-order valence-electron chi connectivity index (χ1n) is 14.1. The van der Waals surface area contributed by atoms with Crippen LogP contribution in [0, 0.1) is 23.0 Å². The largest absolute Gasteiger partial charge is 0.390 e. The SMILES string of the molecule is CC(C)(C)C.O=CNCCCC1C[C@@H](O)[C@@H](O)C1.O=CNc1cc(Cl)c(F)cc1[C@@H]1CNC[C@@H]1c1cccc(Cl)c1F. The third-order valence-corrected chi connectivity index (χ3v) is 7.49. The molecule has 1 heterocycles. The summed E-state index contributed by atoms with van der Waals surface area (Å²) in [6.07, 6.45) is 3.40. The highest BCUT2D eigenvalue weighted by Crippen LogP contribution is 2.42. The summed E-state index contributed by atoms with van der Waals surface area (Å²) in [7, 11) is 0. The van der Waals surface area contributed by atoms with Gasteiger partial charge in [0.25, 0.3) is 0 Å². The zero-order chi connectivity index (χ0) is 31.4. The molecule has 5 atom stereocenters. The summed E-state index contributed by atoms with van der Waals surface area (Å²) in [5.74, 6) is -1.11. The number of carbonyl (C=O) groups is 2. The maximum absolute atomic E-state index is 14.4. The summed E-state index contributed by atoms with van der Waals surface area (Å²) in [4.78, 5) is 20.8. The van der Waals surface area contributed by atoms with Crippen LogP contribution < -0.4 is 16.0 Å². The third-order valence-electron chi connectivity index (χ3n) is 6.91. The fraction of sp³-hybridized carbons (Fsp3) is 0.548. The van der Waals surface area contributed by atoms with Gasteiger partial charge in [-0.15, -0.1) is 0 Å². The van der Waals surface area contributed by atoms with Crippen LogP contribution in [0.15, 0.2) is 30.3 Å². The van der Waals surface area contributed by atoms with Gasteiger partial charge in [0.05, 0.1) is 22.3 Å². The van der Waals surface area contributed by atoms with Crippen molar-refractivity contribution in [2.24, 2.45) is 11.3 Å². The first kappa shape index (κ1) is 35.9. The summed E-state index contributed by atoms with van der Waals surface area (Å²) < 4.78 is 28.4. The monoisotopic (exact) mass is 629 g/mol. The Kier molecular flexibility index (Phi) is 14.6. The maximum Gasteiger partial charge on any atom is 0.211 e. The fourth-order valence-corrected chi connectivity index (χ4v) is 5.42. The number of aliphatic hydroxyl groups excluding tert-OH is 2. The summed E-state index contributed by atoms with van der Waals surface area (Å²) in [6.45, 7) is 10.5. The van der Waals surface area contributed by atoms with Crippen molar-refractivity contribution in [2.45, 2.75) is 77.4 Å². The average molecular weight is 631 g/mol. The highest BCUT2D eigenvalue weighted by Gasteiger charge is 2.34. The lowest BCUT2D eigenvalue weighted by atomic mass is 9.83. The van der Waals surface area contributed by atoms with Gasteiger partial charge in [0, 0.05) is 37.2 Å². The van der Waals surface area contributed by atoms with Crippen LogP contribution in [0.1, 0.15) is 76.3 Å². The maximum atomic E-state index is 14.4. The Hall–Kier alpha value is -2.30. The van der Waals surface area contributed by atoms with E-state index in [1.807, 2.05) is 0 Å². The fourth-order valence-electron chi connectivity index (χ4n) is 5.08. The molecule has 4 rings (SSSR count).